The second-order valence-electron chi connectivity index (χ2n) is 4.15. The van der Waals surface area contributed by atoms with Crippen molar-refractivity contribution in [2.75, 3.05) is 10.7 Å². The van der Waals surface area contributed by atoms with E-state index in [1.165, 1.54) is 0 Å². The Balaban J connectivity index is 2.56. The summed E-state index contributed by atoms with van der Waals surface area (Å²) in [5.41, 5.74) is 2.37. The van der Waals surface area contributed by atoms with Crippen LogP contribution in [-0.2, 0) is 10.0 Å². The zero-order chi connectivity index (χ0) is 11.9. The normalized spacial score (nSPS) is 17.5. The van der Waals surface area contributed by atoms with Gasteiger partial charge >= 0.3 is 0 Å². The summed E-state index contributed by atoms with van der Waals surface area (Å²) in [5.74, 6) is 0.286. The van der Waals surface area contributed by atoms with Crippen LogP contribution in [0, 0.1) is 6.92 Å². The van der Waals surface area contributed by atoms with Crippen LogP contribution in [0.25, 0.3) is 0 Å². The first-order chi connectivity index (χ1) is 7.41. The number of hydrogen-bond acceptors (Lipinski definition) is 4. The molecule has 0 bridgehead atoms. The van der Waals surface area contributed by atoms with Crippen LogP contribution in [0.4, 0.5) is 5.69 Å². The highest BCUT2D eigenvalue weighted by molar-refractivity contribution is 7.92. The van der Waals surface area contributed by atoms with Crippen molar-refractivity contribution < 1.29 is 13.2 Å². The van der Waals surface area contributed by atoms with Crippen LogP contribution < -0.4 is 9.46 Å². The van der Waals surface area contributed by atoms with Gasteiger partial charge in [0.05, 0.1) is 0 Å². The molecular formula is C10H14N2O3S. The van der Waals surface area contributed by atoms with Crippen molar-refractivity contribution in [2.24, 2.45) is 0 Å². The van der Waals surface area contributed by atoms with Crippen LogP contribution in [0.3, 0.4) is 0 Å². The van der Waals surface area contributed by atoms with E-state index in [9.17, 15) is 8.42 Å². The second-order valence-corrected chi connectivity index (χ2v) is 5.82. The highest BCUT2D eigenvalue weighted by atomic mass is 32.2. The minimum absolute atomic E-state index is 0.296. The van der Waals surface area contributed by atoms with Crippen molar-refractivity contribution in [3.8, 4) is 5.88 Å². The smallest absolute Gasteiger partial charge is 0.268 e. The maximum atomic E-state index is 11.4. The highest BCUT2D eigenvalue weighted by Crippen LogP contribution is 2.34. The standard InChI is InChI=1S/C10H14N2O3S/c1-6(2)8-4-11-10-9(7(8)3)12-16(13,14)5-15-10/h4,6,12H,5H2,1-3H3. The lowest BCUT2D eigenvalue weighted by Gasteiger charge is -2.22. The van der Waals surface area contributed by atoms with E-state index in [4.69, 9.17) is 4.74 Å². The topological polar surface area (TPSA) is 68.3 Å². The molecule has 0 saturated carbocycles. The van der Waals surface area contributed by atoms with E-state index in [-0.39, 0.29) is 5.94 Å². The van der Waals surface area contributed by atoms with Crippen LogP contribution >= 0.6 is 0 Å². The number of nitrogens with zero attached hydrogens (tertiary/aromatic N) is 1. The summed E-state index contributed by atoms with van der Waals surface area (Å²) in [5, 5.41) is 0. The summed E-state index contributed by atoms with van der Waals surface area (Å²) >= 11 is 0. The molecule has 6 heteroatoms. The lowest BCUT2D eigenvalue weighted by Crippen LogP contribution is -2.27. The quantitative estimate of drug-likeness (QED) is 0.812. The van der Waals surface area contributed by atoms with Gasteiger partial charge in [0.2, 0.25) is 11.8 Å². The molecule has 0 atom stereocenters. The van der Waals surface area contributed by atoms with Crippen molar-refractivity contribution in [3.05, 3.63) is 17.3 Å². The number of rotatable bonds is 1. The minimum Gasteiger partial charge on any atom is -0.458 e. The van der Waals surface area contributed by atoms with E-state index in [1.807, 2.05) is 20.8 Å². The van der Waals surface area contributed by atoms with Gasteiger partial charge in [0.1, 0.15) is 5.69 Å². The predicted octanol–water partition coefficient (Wildman–Crippen LogP) is 1.61. The van der Waals surface area contributed by atoms with Crippen molar-refractivity contribution in [3.63, 3.8) is 0 Å². The summed E-state index contributed by atoms with van der Waals surface area (Å²) < 4.78 is 30.3. The Bertz CT molecular complexity index is 523. The SMILES string of the molecule is Cc1c(C(C)C)cnc2c1NS(=O)(=O)CO2. The van der Waals surface area contributed by atoms with Crippen molar-refractivity contribution in [2.45, 2.75) is 26.7 Å². The lowest BCUT2D eigenvalue weighted by atomic mass is 9.99. The molecule has 1 aromatic rings. The molecule has 1 aromatic heterocycles. The van der Waals surface area contributed by atoms with Crippen molar-refractivity contribution in [1.29, 1.82) is 0 Å². The molecule has 16 heavy (non-hydrogen) atoms. The van der Waals surface area contributed by atoms with E-state index in [2.05, 4.69) is 9.71 Å². The molecule has 5 nitrogen and oxygen atoms in total. The number of ether oxygens (including phenoxy) is 1. The molecule has 1 aliphatic rings. The van der Waals surface area contributed by atoms with Gasteiger partial charge in [-0.05, 0) is 24.0 Å². The molecule has 1 N–H and O–H groups in total. The summed E-state index contributed by atoms with van der Waals surface area (Å²) in [6.45, 7) is 5.94. The largest absolute Gasteiger partial charge is 0.458 e. The van der Waals surface area contributed by atoms with Gasteiger partial charge in [-0.15, -0.1) is 0 Å². The predicted molar refractivity (Wildman–Crippen MR) is 61.1 cm³/mol. The van der Waals surface area contributed by atoms with E-state index < -0.39 is 10.0 Å². The van der Waals surface area contributed by atoms with Crippen LogP contribution in [-0.4, -0.2) is 19.3 Å². The first-order valence-corrected chi connectivity index (χ1v) is 6.69. The fraction of sp³-hybridized carbons (Fsp3) is 0.500. The van der Waals surface area contributed by atoms with Gasteiger partial charge in [-0.25, -0.2) is 13.4 Å². The Kier molecular flexibility index (Phi) is 2.53. The van der Waals surface area contributed by atoms with Crippen molar-refractivity contribution >= 4 is 15.7 Å². The molecule has 0 unspecified atom stereocenters. The number of aromatic nitrogens is 1. The number of anilines is 1. The zero-order valence-electron chi connectivity index (χ0n) is 9.44. The van der Waals surface area contributed by atoms with Gasteiger partial charge in [-0.3, -0.25) is 4.72 Å². The summed E-state index contributed by atoms with van der Waals surface area (Å²) in [6, 6.07) is 0. The molecule has 0 spiro atoms. The Morgan fingerprint density at radius 3 is 2.81 bits per heavy atom. The molecule has 2 heterocycles. The van der Waals surface area contributed by atoms with E-state index in [0.717, 1.165) is 11.1 Å². The first kappa shape index (κ1) is 11.2. The van der Waals surface area contributed by atoms with Gasteiger partial charge in [0, 0.05) is 6.20 Å². The molecule has 0 aliphatic carbocycles. The molecule has 88 valence electrons. The number of fused-ring (bicyclic) bond motifs is 1. The first-order valence-electron chi connectivity index (χ1n) is 5.03. The number of hydrogen-bond donors (Lipinski definition) is 1. The average Bonchev–Trinajstić information content (AvgIpc) is 2.18. The maximum absolute atomic E-state index is 11.4. The third kappa shape index (κ3) is 1.84. The number of pyridine rings is 1. The van der Waals surface area contributed by atoms with Gasteiger partial charge in [0.25, 0.3) is 10.0 Å². The number of sulfonamides is 1. The monoisotopic (exact) mass is 242 g/mol. The Morgan fingerprint density at radius 2 is 2.19 bits per heavy atom. The molecule has 0 fully saturated rings. The number of nitrogens with one attached hydrogen (secondary N) is 1. The molecule has 0 aromatic carbocycles. The van der Waals surface area contributed by atoms with Gasteiger partial charge in [-0.1, -0.05) is 13.8 Å². The Morgan fingerprint density at radius 1 is 1.50 bits per heavy atom. The fourth-order valence-electron chi connectivity index (χ4n) is 1.72. The summed E-state index contributed by atoms with van der Waals surface area (Å²) in [4.78, 5) is 4.12. The van der Waals surface area contributed by atoms with Crippen LogP contribution in [0.15, 0.2) is 6.20 Å². The summed E-state index contributed by atoms with van der Waals surface area (Å²) in [6.07, 6.45) is 1.73. The highest BCUT2D eigenvalue weighted by Gasteiger charge is 2.25. The van der Waals surface area contributed by atoms with Gasteiger partial charge < -0.3 is 4.74 Å². The Hall–Kier alpha value is -1.30. The molecular weight excluding hydrogens is 228 g/mol. The van der Waals surface area contributed by atoms with Gasteiger partial charge in [0.15, 0.2) is 0 Å². The van der Waals surface area contributed by atoms with Crippen molar-refractivity contribution in [1.82, 2.24) is 4.98 Å². The molecule has 2 rings (SSSR count). The van der Waals surface area contributed by atoms with Crippen LogP contribution in [0.2, 0.25) is 0 Å². The average molecular weight is 242 g/mol. The van der Waals surface area contributed by atoms with Gasteiger partial charge in [-0.2, -0.15) is 0 Å². The zero-order valence-corrected chi connectivity index (χ0v) is 10.3. The lowest BCUT2D eigenvalue weighted by molar-refractivity contribution is 0.359. The Labute approximate surface area is 94.9 Å². The minimum atomic E-state index is -3.37. The second kappa shape index (κ2) is 3.62. The van der Waals surface area contributed by atoms with E-state index >= 15 is 0 Å². The third-order valence-corrected chi connectivity index (χ3v) is 3.52. The fourth-order valence-corrected chi connectivity index (χ4v) is 2.60. The molecule has 0 saturated heterocycles. The van der Waals surface area contributed by atoms with Crippen LogP contribution in [0.1, 0.15) is 30.9 Å². The van der Waals surface area contributed by atoms with E-state index in [0.29, 0.717) is 17.5 Å². The summed E-state index contributed by atoms with van der Waals surface area (Å²) in [7, 11) is -3.37. The molecule has 0 radical (unpaired) electrons. The van der Waals surface area contributed by atoms with E-state index in [1.54, 1.807) is 6.20 Å². The van der Waals surface area contributed by atoms with Crippen LogP contribution in [0.5, 0.6) is 5.88 Å². The molecule has 0 amide bonds. The molecule has 1 aliphatic heterocycles. The maximum Gasteiger partial charge on any atom is 0.268 e. The third-order valence-electron chi connectivity index (χ3n) is 2.57.